The summed E-state index contributed by atoms with van der Waals surface area (Å²) in [6.07, 6.45) is 2.94. The Morgan fingerprint density at radius 3 is 2.77 bits per heavy atom. The molecule has 10 heteroatoms. The summed E-state index contributed by atoms with van der Waals surface area (Å²) in [5.41, 5.74) is 4.06. The van der Waals surface area contributed by atoms with E-state index in [-0.39, 0.29) is 11.5 Å². The Hall–Kier alpha value is -3.17. The van der Waals surface area contributed by atoms with Crippen LogP contribution < -0.4 is 14.9 Å². The van der Waals surface area contributed by atoms with Crippen LogP contribution >= 0.6 is 27.5 Å². The molecule has 0 aliphatic carbocycles. The number of nitrogens with one attached hydrogen (secondary N) is 1. The first-order valence-corrected chi connectivity index (χ1v) is 9.78. The minimum Gasteiger partial charge on any atom is -0.493 e. The van der Waals surface area contributed by atoms with E-state index in [1.807, 2.05) is 12.1 Å². The number of aromatic nitrogens is 1. The van der Waals surface area contributed by atoms with Crippen LogP contribution in [0.15, 0.2) is 64.3 Å². The highest BCUT2D eigenvalue weighted by Crippen LogP contribution is 2.37. The zero-order chi connectivity index (χ0) is 21.5. The Kier molecular flexibility index (Phi) is 7.21. The van der Waals surface area contributed by atoms with Crippen molar-refractivity contribution in [3.05, 3.63) is 85.5 Å². The van der Waals surface area contributed by atoms with Crippen molar-refractivity contribution < 1.29 is 14.4 Å². The van der Waals surface area contributed by atoms with Crippen molar-refractivity contribution in [3.63, 3.8) is 0 Å². The molecule has 0 aliphatic rings. The van der Waals surface area contributed by atoms with E-state index in [0.29, 0.717) is 33.2 Å². The fraction of sp³-hybridized carbons (Fsp3) is 0.100. The van der Waals surface area contributed by atoms with Crippen molar-refractivity contribution in [2.45, 2.75) is 6.61 Å². The minimum absolute atomic E-state index is 0.0488. The summed E-state index contributed by atoms with van der Waals surface area (Å²) in [7, 11) is 1.54. The fourth-order valence-corrected chi connectivity index (χ4v) is 3.19. The van der Waals surface area contributed by atoms with Crippen molar-refractivity contribution in [1.82, 2.24) is 4.98 Å². The molecule has 8 nitrogen and oxygen atoms in total. The first kappa shape index (κ1) is 21.5. The lowest BCUT2D eigenvalue weighted by Crippen LogP contribution is -2.01. The highest BCUT2D eigenvalue weighted by atomic mass is 79.9. The number of methoxy groups -OCH3 is 1. The molecule has 30 heavy (non-hydrogen) atoms. The van der Waals surface area contributed by atoms with Crippen LogP contribution in [0.4, 0.5) is 11.5 Å². The van der Waals surface area contributed by atoms with E-state index in [1.54, 1.807) is 24.3 Å². The lowest BCUT2D eigenvalue weighted by atomic mass is 10.2. The third-order valence-corrected chi connectivity index (χ3v) is 4.76. The van der Waals surface area contributed by atoms with Crippen LogP contribution in [0, 0.1) is 10.1 Å². The van der Waals surface area contributed by atoms with Crippen molar-refractivity contribution >= 4 is 45.3 Å². The largest absolute Gasteiger partial charge is 0.493 e. The zero-order valence-corrected chi connectivity index (χ0v) is 18.1. The molecule has 1 heterocycles. The van der Waals surface area contributed by atoms with Crippen molar-refractivity contribution in [1.29, 1.82) is 0 Å². The van der Waals surface area contributed by atoms with Gasteiger partial charge in [-0.15, -0.1) is 0 Å². The predicted molar refractivity (Wildman–Crippen MR) is 119 cm³/mol. The number of hydrogen-bond acceptors (Lipinski definition) is 7. The van der Waals surface area contributed by atoms with Crippen molar-refractivity contribution in [2.24, 2.45) is 5.10 Å². The fourth-order valence-electron chi connectivity index (χ4n) is 2.49. The number of halogens is 2. The quantitative estimate of drug-likeness (QED) is 0.256. The SMILES string of the molecule is COc1cc(/C=N\Nc2ncccc2[N+](=O)[O-])cc(Br)c1OCc1ccc(Cl)cc1. The lowest BCUT2D eigenvalue weighted by Gasteiger charge is -2.13. The normalized spacial score (nSPS) is 10.8. The highest BCUT2D eigenvalue weighted by Gasteiger charge is 2.14. The van der Waals surface area contributed by atoms with E-state index in [2.05, 4.69) is 31.4 Å². The van der Waals surface area contributed by atoms with Gasteiger partial charge >= 0.3 is 5.69 Å². The van der Waals surface area contributed by atoms with Gasteiger partial charge in [-0.05, 0) is 57.4 Å². The van der Waals surface area contributed by atoms with Crippen LogP contribution in [0.2, 0.25) is 5.02 Å². The number of pyridine rings is 1. The van der Waals surface area contributed by atoms with Gasteiger partial charge < -0.3 is 9.47 Å². The summed E-state index contributed by atoms with van der Waals surface area (Å²) >= 11 is 9.38. The van der Waals surface area contributed by atoms with E-state index < -0.39 is 4.92 Å². The second kappa shape index (κ2) is 10.0. The first-order valence-electron chi connectivity index (χ1n) is 8.61. The molecule has 0 atom stereocenters. The number of benzene rings is 2. The van der Waals surface area contributed by atoms with Gasteiger partial charge in [0, 0.05) is 17.3 Å². The predicted octanol–water partition coefficient (Wildman–Crippen LogP) is 5.44. The first-order chi connectivity index (χ1) is 14.5. The molecular weight excluding hydrogens is 476 g/mol. The van der Waals surface area contributed by atoms with Gasteiger partial charge in [0.2, 0.25) is 5.82 Å². The van der Waals surface area contributed by atoms with Gasteiger partial charge in [0.25, 0.3) is 0 Å². The highest BCUT2D eigenvalue weighted by molar-refractivity contribution is 9.10. The smallest absolute Gasteiger partial charge is 0.313 e. The monoisotopic (exact) mass is 490 g/mol. The minimum atomic E-state index is -0.530. The molecule has 154 valence electrons. The number of hydrazone groups is 1. The van der Waals surface area contributed by atoms with Gasteiger partial charge in [-0.2, -0.15) is 5.10 Å². The molecule has 2 aromatic carbocycles. The van der Waals surface area contributed by atoms with Crippen LogP contribution in [-0.2, 0) is 6.61 Å². The molecule has 0 amide bonds. The second-order valence-electron chi connectivity index (χ2n) is 5.95. The Bertz CT molecular complexity index is 1080. The molecule has 0 spiro atoms. The summed E-state index contributed by atoms with van der Waals surface area (Å²) in [4.78, 5) is 14.4. The average molecular weight is 492 g/mol. The van der Waals surface area contributed by atoms with E-state index in [4.69, 9.17) is 21.1 Å². The molecule has 0 fully saturated rings. The van der Waals surface area contributed by atoms with Gasteiger partial charge in [0.05, 0.1) is 22.7 Å². The van der Waals surface area contributed by atoms with Crippen LogP contribution in [0.3, 0.4) is 0 Å². The standard InChI is InChI=1S/C20H16BrClN4O4/c1-29-18-10-14(11-24-25-20-17(26(27)28)3-2-8-23-20)9-16(21)19(18)30-12-13-4-6-15(22)7-5-13/h2-11H,12H2,1H3,(H,23,25)/b24-11-. The van der Waals surface area contributed by atoms with Gasteiger partial charge in [-0.3, -0.25) is 15.5 Å². The van der Waals surface area contributed by atoms with E-state index in [9.17, 15) is 10.1 Å². The molecule has 3 rings (SSSR count). The van der Waals surface area contributed by atoms with Gasteiger partial charge in [-0.1, -0.05) is 23.7 Å². The third-order valence-electron chi connectivity index (χ3n) is 3.92. The summed E-state index contributed by atoms with van der Waals surface area (Å²) in [6, 6.07) is 13.7. The van der Waals surface area contributed by atoms with Crippen LogP contribution in [-0.4, -0.2) is 23.2 Å². The van der Waals surface area contributed by atoms with E-state index in [0.717, 1.165) is 5.56 Å². The van der Waals surface area contributed by atoms with E-state index in [1.165, 1.54) is 31.7 Å². The maximum atomic E-state index is 11.0. The lowest BCUT2D eigenvalue weighted by molar-refractivity contribution is -0.384. The van der Waals surface area contributed by atoms with E-state index >= 15 is 0 Å². The van der Waals surface area contributed by atoms with Crippen molar-refractivity contribution in [3.8, 4) is 11.5 Å². The maximum Gasteiger partial charge on any atom is 0.313 e. The number of nitrogens with zero attached hydrogens (tertiary/aromatic N) is 3. The summed E-state index contributed by atoms with van der Waals surface area (Å²) in [6.45, 7) is 0.338. The average Bonchev–Trinajstić information content (AvgIpc) is 2.74. The number of ether oxygens (including phenoxy) is 2. The topological polar surface area (TPSA) is 98.9 Å². The molecule has 3 aromatic rings. The number of hydrogen-bond donors (Lipinski definition) is 1. The zero-order valence-electron chi connectivity index (χ0n) is 15.7. The van der Waals surface area contributed by atoms with Crippen LogP contribution in [0.25, 0.3) is 0 Å². The summed E-state index contributed by atoms with van der Waals surface area (Å²) < 4.78 is 12.0. The number of anilines is 1. The summed E-state index contributed by atoms with van der Waals surface area (Å²) in [5, 5.41) is 15.7. The number of rotatable bonds is 8. The molecular formula is C20H16BrClN4O4. The third kappa shape index (κ3) is 5.46. The van der Waals surface area contributed by atoms with Crippen molar-refractivity contribution in [2.75, 3.05) is 12.5 Å². The van der Waals surface area contributed by atoms with Gasteiger partial charge in [-0.25, -0.2) is 4.98 Å². The molecule has 0 aliphatic heterocycles. The Balaban J connectivity index is 1.74. The Morgan fingerprint density at radius 1 is 1.30 bits per heavy atom. The van der Waals surface area contributed by atoms with Gasteiger partial charge in [0.1, 0.15) is 6.61 Å². The second-order valence-corrected chi connectivity index (χ2v) is 7.24. The van der Waals surface area contributed by atoms with Crippen LogP contribution in [0.1, 0.15) is 11.1 Å². The Morgan fingerprint density at radius 2 is 2.07 bits per heavy atom. The molecule has 1 N–H and O–H groups in total. The molecule has 1 aromatic heterocycles. The maximum absolute atomic E-state index is 11.0. The van der Waals surface area contributed by atoms with Gasteiger partial charge in [0.15, 0.2) is 11.5 Å². The Labute approximate surface area is 185 Å². The molecule has 0 radical (unpaired) electrons. The molecule has 0 saturated heterocycles. The molecule has 0 unspecified atom stereocenters. The molecule has 0 saturated carbocycles. The molecule has 0 bridgehead atoms. The number of nitro groups is 1. The van der Waals surface area contributed by atoms with Crippen LogP contribution in [0.5, 0.6) is 11.5 Å². The summed E-state index contributed by atoms with van der Waals surface area (Å²) in [5.74, 6) is 1.09.